The van der Waals surface area contributed by atoms with Crippen LogP contribution in [0.25, 0.3) is 0 Å². The lowest BCUT2D eigenvalue weighted by Crippen LogP contribution is -2.35. The number of piperidine rings is 1. The van der Waals surface area contributed by atoms with Gasteiger partial charge in [-0.1, -0.05) is 25.6 Å². The maximum atomic E-state index is 5.84. The van der Waals surface area contributed by atoms with E-state index in [0.29, 0.717) is 4.99 Å². The number of nitrogens with two attached hydrogens (primary N) is 1. The third-order valence-corrected chi connectivity index (χ3v) is 4.08. The molecule has 1 saturated heterocycles. The molecule has 0 unspecified atom stereocenters. The second-order valence-corrected chi connectivity index (χ2v) is 5.47. The van der Waals surface area contributed by atoms with Crippen LogP contribution in [0.15, 0.2) is 12.3 Å². The fourth-order valence-corrected chi connectivity index (χ4v) is 2.89. The molecule has 1 aliphatic heterocycles. The summed E-state index contributed by atoms with van der Waals surface area (Å²) in [6.07, 6.45) is 5.60. The van der Waals surface area contributed by atoms with Gasteiger partial charge in [0.1, 0.15) is 10.8 Å². The highest BCUT2D eigenvalue weighted by Gasteiger charge is 2.22. The predicted molar refractivity (Wildman–Crippen MR) is 80.1 cm³/mol. The number of aromatic nitrogens is 1. The summed E-state index contributed by atoms with van der Waals surface area (Å²) in [5.74, 6) is 1.83. The molecule has 0 amide bonds. The molecule has 18 heavy (non-hydrogen) atoms. The molecule has 0 atom stereocenters. The van der Waals surface area contributed by atoms with E-state index < -0.39 is 0 Å². The normalized spacial score (nSPS) is 16.9. The molecule has 2 N–H and O–H groups in total. The first-order valence-corrected chi connectivity index (χ1v) is 7.04. The zero-order chi connectivity index (χ0) is 13.1. The maximum absolute atomic E-state index is 5.84. The molecule has 0 aliphatic carbocycles. The predicted octanol–water partition coefficient (Wildman–Crippen LogP) is 2.65. The van der Waals surface area contributed by atoms with Gasteiger partial charge >= 0.3 is 0 Å². The van der Waals surface area contributed by atoms with Gasteiger partial charge in [-0.3, -0.25) is 0 Å². The van der Waals surface area contributed by atoms with Crippen LogP contribution in [0, 0.1) is 12.8 Å². The van der Waals surface area contributed by atoms with E-state index in [1.165, 1.54) is 19.3 Å². The number of hydrogen-bond donors (Lipinski definition) is 1. The van der Waals surface area contributed by atoms with Crippen LogP contribution in [0.1, 0.15) is 37.3 Å². The van der Waals surface area contributed by atoms with E-state index in [9.17, 15) is 0 Å². The van der Waals surface area contributed by atoms with Gasteiger partial charge in [-0.2, -0.15) is 0 Å². The largest absolute Gasteiger partial charge is 0.389 e. The summed E-state index contributed by atoms with van der Waals surface area (Å²) in [7, 11) is 0. The second-order valence-electron chi connectivity index (χ2n) is 5.03. The van der Waals surface area contributed by atoms with Gasteiger partial charge in [-0.15, -0.1) is 0 Å². The number of rotatable bonds is 3. The Hall–Kier alpha value is -1.16. The van der Waals surface area contributed by atoms with Crippen LogP contribution in [0.2, 0.25) is 0 Å². The van der Waals surface area contributed by atoms with Gasteiger partial charge in [0.15, 0.2) is 0 Å². The molecule has 1 aliphatic rings. The summed E-state index contributed by atoms with van der Waals surface area (Å²) >= 11 is 5.16. The highest BCUT2D eigenvalue weighted by molar-refractivity contribution is 7.80. The molecule has 3 nitrogen and oxygen atoms in total. The van der Waals surface area contributed by atoms with Gasteiger partial charge < -0.3 is 10.6 Å². The molecular weight excluding hydrogens is 242 g/mol. The highest BCUT2D eigenvalue weighted by atomic mass is 32.1. The van der Waals surface area contributed by atoms with Crippen LogP contribution in [0.3, 0.4) is 0 Å². The molecule has 98 valence electrons. The Labute approximate surface area is 114 Å². The minimum absolute atomic E-state index is 0.452. The van der Waals surface area contributed by atoms with Gasteiger partial charge in [0.2, 0.25) is 0 Å². The third-order valence-electron chi connectivity index (χ3n) is 3.88. The Kier molecular flexibility index (Phi) is 4.17. The van der Waals surface area contributed by atoms with Crippen LogP contribution in [-0.2, 0) is 0 Å². The van der Waals surface area contributed by atoms with E-state index in [1.54, 1.807) is 0 Å². The van der Waals surface area contributed by atoms with Crippen LogP contribution in [-0.4, -0.2) is 23.1 Å². The first kappa shape index (κ1) is 13.3. The molecular formula is C14H21N3S. The number of pyridine rings is 1. The topological polar surface area (TPSA) is 42.2 Å². The summed E-state index contributed by atoms with van der Waals surface area (Å²) in [6.45, 7) is 6.43. The fraction of sp³-hybridized carbons (Fsp3) is 0.571. The minimum atomic E-state index is 0.452. The van der Waals surface area contributed by atoms with Crippen LogP contribution in [0.4, 0.5) is 5.82 Å². The van der Waals surface area contributed by atoms with E-state index in [2.05, 4.69) is 16.8 Å². The zero-order valence-corrected chi connectivity index (χ0v) is 12.0. The van der Waals surface area contributed by atoms with Crippen molar-refractivity contribution >= 4 is 23.0 Å². The number of aryl methyl sites for hydroxylation is 1. The molecule has 1 aromatic rings. The molecule has 0 spiro atoms. The van der Waals surface area contributed by atoms with E-state index in [0.717, 1.165) is 36.0 Å². The number of anilines is 1. The summed E-state index contributed by atoms with van der Waals surface area (Å²) in [5.41, 5.74) is 7.90. The Balaban J connectivity index is 2.24. The lowest BCUT2D eigenvalue weighted by Gasteiger charge is -2.33. The first-order chi connectivity index (χ1) is 8.63. The van der Waals surface area contributed by atoms with Gasteiger partial charge in [0, 0.05) is 19.3 Å². The van der Waals surface area contributed by atoms with E-state index in [1.807, 2.05) is 19.2 Å². The van der Waals surface area contributed by atoms with Crippen molar-refractivity contribution < 1.29 is 0 Å². The van der Waals surface area contributed by atoms with Gasteiger partial charge in [0.05, 0.1) is 5.56 Å². The van der Waals surface area contributed by atoms with Crippen molar-refractivity contribution in [1.29, 1.82) is 0 Å². The van der Waals surface area contributed by atoms with Crippen molar-refractivity contribution in [3.05, 3.63) is 23.4 Å². The Bertz CT molecular complexity index is 437. The summed E-state index contributed by atoms with van der Waals surface area (Å²) in [6, 6.07) is 1.97. The maximum Gasteiger partial charge on any atom is 0.139 e. The van der Waals surface area contributed by atoms with Crippen LogP contribution in [0.5, 0.6) is 0 Å². The number of thiocarbonyl (C=S) groups is 1. The molecule has 0 radical (unpaired) electrons. The van der Waals surface area contributed by atoms with Crippen molar-refractivity contribution in [2.24, 2.45) is 11.7 Å². The quantitative estimate of drug-likeness (QED) is 0.851. The Morgan fingerprint density at radius 3 is 2.72 bits per heavy atom. The van der Waals surface area contributed by atoms with E-state index in [-0.39, 0.29) is 0 Å². The number of hydrogen-bond acceptors (Lipinski definition) is 3. The minimum Gasteiger partial charge on any atom is -0.389 e. The Morgan fingerprint density at radius 2 is 2.17 bits per heavy atom. The molecule has 2 heterocycles. The smallest absolute Gasteiger partial charge is 0.139 e. The van der Waals surface area contributed by atoms with E-state index in [4.69, 9.17) is 18.0 Å². The van der Waals surface area contributed by atoms with Gasteiger partial charge in [0.25, 0.3) is 0 Å². The lowest BCUT2D eigenvalue weighted by molar-refractivity contribution is 0.393. The lowest BCUT2D eigenvalue weighted by atomic mass is 9.94. The van der Waals surface area contributed by atoms with Crippen molar-refractivity contribution in [2.45, 2.75) is 33.1 Å². The highest BCUT2D eigenvalue weighted by Crippen LogP contribution is 2.27. The van der Waals surface area contributed by atoms with Crippen LogP contribution >= 0.6 is 12.2 Å². The van der Waals surface area contributed by atoms with Crippen LogP contribution < -0.4 is 10.6 Å². The standard InChI is InChI=1S/C14H21N3S/c1-3-11-5-8-17(9-6-11)14-12(13(15)18)10(2)4-7-16-14/h4,7,11H,3,5-6,8-9H2,1-2H3,(H2,15,18). The monoisotopic (exact) mass is 263 g/mol. The summed E-state index contributed by atoms with van der Waals surface area (Å²) < 4.78 is 0. The molecule has 1 fully saturated rings. The first-order valence-electron chi connectivity index (χ1n) is 6.63. The van der Waals surface area contributed by atoms with Gasteiger partial charge in [-0.25, -0.2) is 4.98 Å². The van der Waals surface area contributed by atoms with Crippen molar-refractivity contribution in [3.63, 3.8) is 0 Å². The SMILES string of the molecule is CCC1CCN(c2nccc(C)c2C(N)=S)CC1. The molecule has 4 heteroatoms. The van der Waals surface area contributed by atoms with Crippen molar-refractivity contribution in [1.82, 2.24) is 4.98 Å². The Morgan fingerprint density at radius 1 is 1.50 bits per heavy atom. The fourth-order valence-electron chi connectivity index (χ4n) is 2.64. The van der Waals surface area contributed by atoms with Gasteiger partial charge in [-0.05, 0) is 37.3 Å². The molecule has 0 bridgehead atoms. The van der Waals surface area contributed by atoms with Crippen molar-refractivity contribution in [2.75, 3.05) is 18.0 Å². The second kappa shape index (κ2) is 5.65. The summed E-state index contributed by atoms with van der Waals surface area (Å²) in [4.78, 5) is 7.27. The molecule has 2 rings (SSSR count). The summed E-state index contributed by atoms with van der Waals surface area (Å²) in [5, 5.41) is 0. The molecule has 0 saturated carbocycles. The molecule has 1 aromatic heterocycles. The molecule has 0 aromatic carbocycles. The average Bonchev–Trinajstić information content (AvgIpc) is 2.38. The average molecular weight is 263 g/mol. The number of nitrogens with zero attached hydrogens (tertiary/aromatic N) is 2. The third kappa shape index (κ3) is 2.64. The van der Waals surface area contributed by atoms with Crippen molar-refractivity contribution in [3.8, 4) is 0 Å². The van der Waals surface area contributed by atoms with E-state index >= 15 is 0 Å². The zero-order valence-electron chi connectivity index (χ0n) is 11.1.